The average Bonchev–Trinajstić information content (AvgIpc) is 2.46. The van der Waals surface area contributed by atoms with Gasteiger partial charge in [-0.05, 0) is 40.9 Å². The van der Waals surface area contributed by atoms with Gasteiger partial charge in [-0.25, -0.2) is 0 Å². The molecule has 3 nitrogen and oxygen atoms in total. The van der Waals surface area contributed by atoms with Crippen molar-refractivity contribution in [3.63, 3.8) is 0 Å². The van der Waals surface area contributed by atoms with Crippen LogP contribution in [0.15, 0.2) is 28.7 Å². The number of benzene rings is 1. The SMILES string of the molecule is O=C(NCCOc1ccccc1Br)C1CCCCC1. The smallest absolute Gasteiger partial charge is 0.223 e. The lowest BCUT2D eigenvalue weighted by Gasteiger charge is -2.20. The maximum atomic E-state index is 11.9. The van der Waals surface area contributed by atoms with Crippen molar-refractivity contribution in [3.8, 4) is 5.75 Å². The molecule has 4 heteroatoms. The van der Waals surface area contributed by atoms with E-state index in [9.17, 15) is 4.79 Å². The topological polar surface area (TPSA) is 38.3 Å². The summed E-state index contributed by atoms with van der Waals surface area (Å²) >= 11 is 3.43. The monoisotopic (exact) mass is 325 g/mol. The molecule has 1 aliphatic rings. The molecule has 1 amide bonds. The van der Waals surface area contributed by atoms with Gasteiger partial charge in [-0.2, -0.15) is 0 Å². The maximum absolute atomic E-state index is 11.9. The van der Waals surface area contributed by atoms with E-state index in [1.807, 2.05) is 24.3 Å². The van der Waals surface area contributed by atoms with Crippen molar-refractivity contribution in [1.82, 2.24) is 5.32 Å². The van der Waals surface area contributed by atoms with Gasteiger partial charge in [0.1, 0.15) is 12.4 Å². The molecule has 1 aromatic carbocycles. The third kappa shape index (κ3) is 4.53. The van der Waals surface area contributed by atoms with Gasteiger partial charge in [0.15, 0.2) is 0 Å². The highest BCUT2D eigenvalue weighted by Crippen LogP contribution is 2.24. The zero-order valence-corrected chi connectivity index (χ0v) is 12.6. The van der Waals surface area contributed by atoms with E-state index in [-0.39, 0.29) is 11.8 Å². The standard InChI is InChI=1S/C15H20BrNO2/c16-13-8-4-5-9-14(13)19-11-10-17-15(18)12-6-2-1-3-7-12/h4-5,8-9,12H,1-3,6-7,10-11H2,(H,17,18). The van der Waals surface area contributed by atoms with Crippen LogP contribution in [0.5, 0.6) is 5.75 Å². The predicted molar refractivity (Wildman–Crippen MR) is 79.2 cm³/mol. The summed E-state index contributed by atoms with van der Waals surface area (Å²) in [6, 6.07) is 7.73. The molecule has 0 bridgehead atoms. The Hall–Kier alpha value is -1.03. The van der Waals surface area contributed by atoms with Gasteiger partial charge >= 0.3 is 0 Å². The summed E-state index contributed by atoms with van der Waals surface area (Å²) in [6.45, 7) is 1.07. The molecule has 104 valence electrons. The zero-order valence-electron chi connectivity index (χ0n) is 11.0. The van der Waals surface area contributed by atoms with Crippen LogP contribution in [0.25, 0.3) is 0 Å². The molecule has 1 aliphatic carbocycles. The Morgan fingerprint density at radius 2 is 2.00 bits per heavy atom. The number of halogens is 1. The van der Waals surface area contributed by atoms with Crippen LogP contribution in [0.4, 0.5) is 0 Å². The summed E-state index contributed by atoms with van der Waals surface area (Å²) in [5.41, 5.74) is 0. The third-order valence-electron chi connectivity index (χ3n) is 3.47. The molecule has 1 fully saturated rings. The molecule has 1 aromatic rings. The Labute approximate surface area is 122 Å². The first kappa shape index (κ1) is 14.4. The third-order valence-corrected chi connectivity index (χ3v) is 4.13. The van der Waals surface area contributed by atoms with Gasteiger partial charge in [0, 0.05) is 5.92 Å². The van der Waals surface area contributed by atoms with Crippen LogP contribution in [0.2, 0.25) is 0 Å². The number of hydrogen-bond donors (Lipinski definition) is 1. The Morgan fingerprint density at radius 1 is 1.26 bits per heavy atom. The van der Waals surface area contributed by atoms with E-state index in [1.165, 1.54) is 19.3 Å². The van der Waals surface area contributed by atoms with Gasteiger partial charge in [0.05, 0.1) is 11.0 Å². The second kappa shape index (κ2) is 7.53. The molecule has 0 aromatic heterocycles. The number of amides is 1. The van der Waals surface area contributed by atoms with Crippen LogP contribution in [0.3, 0.4) is 0 Å². The second-order valence-electron chi connectivity index (χ2n) is 4.90. The van der Waals surface area contributed by atoms with Crippen molar-refractivity contribution in [1.29, 1.82) is 0 Å². The van der Waals surface area contributed by atoms with Gasteiger partial charge in [-0.3, -0.25) is 4.79 Å². The van der Waals surface area contributed by atoms with Crippen LogP contribution < -0.4 is 10.1 Å². The summed E-state index contributed by atoms with van der Waals surface area (Å²) in [5.74, 6) is 1.22. The minimum absolute atomic E-state index is 0.190. The first-order valence-corrected chi connectivity index (χ1v) is 7.71. The molecule has 0 atom stereocenters. The van der Waals surface area contributed by atoms with Gasteiger partial charge in [-0.1, -0.05) is 31.4 Å². The highest BCUT2D eigenvalue weighted by atomic mass is 79.9. The van der Waals surface area contributed by atoms with Gasteiger partial charge in [0.2, 0.25) is 5.91 Å². The molecular formula is C15H20BrNO2. The molecule has 1 N–H and O–H groups in total. The van der Waals surface area contributed by atoms with Crippen LogP contribution in [-0.2, 0) is 4.79 Å². The molecule has 0 unspecified atom stereocenters. The van der Waals surface area contributed by atoms with Crippen LogP contribution >= 0.6 is 15.9 Å². The number of nitrogens with one attached hydrogen (secondary N) is 1. The number of ether oxygens (including phenoxy) is 1. The van der Waals surface area contributed by atoms with E-state index in [0.717, 1.165) is 23.1 Å². The quantitative estimate of drug-likeness (QED) is 0.841. The normalized spacial score (nSPS) is 16.1. The molecule has 1 saturated carbocycles. The fourth-order valence-electron chi connectivity index (χ4n) is 2.41. The Bertz CT molecular complexity index is 416. The summed E-state index contributed by atoms with van der Waals surface area (Å²) in [6.07, 6.45) is 5.72. The van der Waals surface area contributed by atoms with Crippen molar-refractivity contribution in [2.45, 2.75) is 32.1 Å². The fraction of sp³-hybridized carbons (Fsp3) is 0.533. The van der Waals surface area contributed by atoms with Crippen molar-refractivity contribution in [2.24, 2.45) is 5.92 Å². The van der Waals surface area contributed by atoms with Crippen LogP contribution in [-0.4, -0.2) is 19.1 Å². The van der Waals surface area contributed by atoms with Crippen LogP contribution in [0.1, 0.15) is 32.1 Å². The highest BCUT2D eigenvalue weighted by Gasteiger charge is 2.20. The predicted octanol–water partition coefficient (Wildman–Crippen LogP) is 3.52. The van der Waals surface area contributed by atoms with E-state index in [2.05, 4.69) is 21.2 Å². The summed E-state index contributed by atoms with van der Waals surface area (Å²) in [5, 5.41) is 2.96. The average molecular weight is 326 g/mol. The molecule has 0 heterocycles. The van der Waals surface area contributed by atoms with E-state index in [1.54, 1.807) is 0 Å². The first-order valence-electron chi connectivity index (χ1n) is 6.92. The van der Waals surface area contributed by atoms with E-state index in [0.29, 0.717) is 13.2 Å². The Kier molecular flexibility index (Phi) is 5.70. The lowest BCUT2D eigenvalue weighted by atomic mass is 9.89. The summed E-state index contributed by atoms with van der Waals surface area (Å²) < 4.78 is 6.55. The van der Waals surface area contributed by atoms with Gasteiger partial charge < -0.3 is 10.1 Å². The number of para-hydroxylation sites is 1. The van der Waals surface area contributed by atoms with Crippen molar-refractivity contribution >= 4 is 21.8 Å². The van der Waals surface area contributed by atoms with Crippen LogP contribution in [0, 0.1) is 5.92 Å². The number of hydrogen-bond acceptors (Lipinski definition) is 2. The van der Waals surface area contributed by atoms with Crippen molar-refractivity contribution in [3.05, 3.63) is 28.7 Å². The molecule has 0 aliphatic heterocycles. The lowest BCUT2D eigenvalue weighted by molar-refractivity contribution is -0.126. The molecule has 0 radical (unpaired) electrons. The molecule has 0 spiro atoms. The lowest BCUT2D eigenvalue weighted by Crippen LogP contribution is -2.34. The molecule has 19 heavy (non-hydrogen) atoms. The highest BCUT2D eigenvalue weighted by molar-refractivity contribution is 9.10. The Morgan fingerprint density at radius 3 is 2.74 bits per heavy atom. The zero-order chi connectivity index (χ0) is 13.5. The molecule has 2 rings (SSSR count). The Balaban J connectivity index is 1.66. The van der Waals surface area contributed by atoms with Gasteiger partial charge in [-0.15, -0.1) is 0 Å². The van der Waals surface area contributed by atoms with E-state index >= 15 is 0 Å². The molecular weight excluding hydrogens is 306 g/mol. The first-order chi connectivity index (χ1) is 9.27. The second-order valence-corrected chi connectivity index (χ2v) is 5.76. The van der Waals surface area contributed by atoms with Crippen molar-refractivity contribution in [2.75, 3.05) is 13.2 Å². The van der Waals surface area contributed by atoms with Crippen molar-refractivity contribution < 1.29 is 9.53 Å². The fourth-order valence-corrected chi connectivity index (χ4v) is 2.81. The summed E-state index contributed by atoms with van der Waals surface area (Å²) in [7, 11) is 0. The van der Waals surface area contributed by atoms with E-state index < -0.39 is 0 Å². The minimum Gasteiger partial charge on any atom is -0.491 e. The minimum atomic E-state index is 0.190. The summed E-state index contributed by atoms with van der Waals surface area (Å²) in [4.78, 5) is 11.9. The number of carbonyl (C=O) groups is 1. The van der Waals surface area contributed by atoms with E-state index in [4.69, 9.17) is 4.74 Å². The molecule has 0 saturated heterocycles. The number of carbonyl (C=O) groups excluding carboxylic acids is 1. The largest absolute Gasteiger partial charge is 0.491 e. The maximum Gasteiger partial charge on any atom is 0.223 e. The number of rotatable bonds is 5. The van der Waals surface area contributed by atoms with Gasteiger partial charge in [0.25, 0.3) is 0 Å².